The Morgan fingerprint density at radius 2 is 1.90 bits per heavy atom. The monoisotopic (exact) mass is 295 g/mol. The number of para-hydroxylation sites is 1. The molecule has 2 N–H and O–H groups in total. The lowest BCUT2D eigenvalue weighted by atomic mass is 9.92. The molecule has 0 radical (unpaired) electrons. The standard InChI is InChI=1S/C15H21NO3S/c1-10(14(18)19)20-12-8-6-5-7-11(12)16-13(17)9-15(2,3)4/h5-8,10H,9H2,1-4H3,(H,16,17)(H,18,19). The topological polar surface area (TPSA) is 66.4 Å². The van der Waals surface area contributed by atoms with E-state index in [1.807, 2.05) is 39.0 Å². The van der Waals surface area contributed by atoms with Gasteiger partial charge in [0.25, 0.3) is 0 Å². The number of carboxylic acid groups (broad SMARTS) is 1. The van der Waals surface area contributed by atoms with Crippen molar-refractivity contribution in [3.63, 3.8) is 0 Å². The highest BCUT2D eigenvalue weighted by molar-refractivity contribution is 8.00. The van der Waals surface area contributed by atoms with Crippen LogP contribution in [0.4, 0.5) is 5.69 Å². The van der Waals surface area contributed by atoms with Crippen molar-refractivity contribution in [1.29, 1.82) is 0 Å². The Balaban J connectivity index is 2.80. The molecule has 1 atom stereocenters. The van der Waals surface area contributed by atoms with Crippen LogP contribution in [0.15, 0.2) is 29.2 Å². The van der Waals surface area contributed by atoms with Crippen molar-refractivity contribution < 1.29 is 14.7 Å². The maximum Gasteiger partial charge on any atom is 0.316 e. The van der Waals surface area contributed by atoms with E-state index >= 15 is 0 Å². The fraction of sp³-hybridized carbons (Fsp3) is 0.467. The van der Waals surface area contributed by atoms with Crippen LogP contribution < -0.4 is 5.32 Å². The summed E-state index contributed by atoms with van der Waals surface area (Å²) in [6.07, 6.45) is 0.417. The van der Waals surface area contributed by atoms with Gasteiger partial charge in [-0.25, -0.2) is 0 Å². The van der Waals surface area contributed by atoms with Crippen LogP contribution in [-0.2, 0) is 9.59 Å². The fourth-order valence-corrected chi connectivity index (χ4v) is 2.47. The van der Waals surface area contributed by atoms with Crippen LogP contribution in [-0.4, -0.2) is 22.2 Å². The first-order valence-electron chi connectivity index (χ1n) is 6.47. The van der Waals surface area contributed by atoms with E-state index in [0.29, 0.717) is 12.1 Å². The lowest BCUT2D eigenvalue weighted by Gasteiger charge is -2.18. The van der Waals surface area contributed by atoms with Crippen molar-refractivity contribution in [3.05, 3.63) is 24.3 Å². The SMILES string of the molecule is CC(Sc1ccccc1NC(=O)CC(C)(C)C)C(=O)O. The van der Waals surface area contributed by atoms with Gasteiger partial charge in [-0.15, -0.1) is 11.8 Å². The maximum atomic E-state index is 12.0. The number of carboxylic acids is 1. The summed E-state index contributed by atoms with van der Waals surface area (Å²) >= 11 is 1.22. The minimum absolute atomic E-state index is 0.0615. The smallest absolute Gasteiger partial charge is 0.316 e. The molecule has 0 aliphatic carbocycles. The van der Waals surface area contributed by atoms with E-state index in [9.17, 15) is 9.59 Å². The van der Waals surface area contributed by atoms with Gasteiger partial charge in [0.2, 0.25) is 5.91 Å². The molecule has 110 valence electrons. The first kappa shape index (κ1) is 16.6. The average molecular weight is 295 g/mol. The molecule has 4 nitrogen and oxygen atoms in total. The Labute approximate surface area is 124 Å². The molecule has 0 aromatic heterocycles. The van der Waals surface area contributed by atoms with E-state index < -0.39 is 11.2 Å². The number of thioether (sulfide) groups is 1. The van der Waals surface area contributed by atoms with Gasteiger partial charge in [0.15, 0.2) is 0 Å². The zero-order chi connectivity index (χ0) is 15.3. The summed E-state index contributed by atoms with van der Waals surface area (Å²) in [7, 11) is 0. The maximum absolute atomic E-state index is 12.0. The Bertz CT molecular complexity index is 494. The number of hydrogen-bond acceptors (Lipinski definition) is 3. The number of carbonyl (C=O) groups excluding carboxylic acids is 1. The highest BCUT2D eigenvalue weighted by atomic mass is 32.2. The molecule has 1 unspecified atom stereocenters. The zero-order valence-electron chi connectivity index (χ0n) is 12.3. The summed E-state index contributed by atoms with van der Waals surface area (Å²) in [6, 6.07) is 7.26. The van der Waals surface area contributed by atoms with Gasteiger partial charge < -0.3 is 10.4 Å². The average Bonchev–Trinajstić information content (AvgIpc) is 2.28. The molecule has 0 fully saturated rings. The van der Waals surface area contributed by atoms with Gasteiger partial charge in [0.1, 0.15) is 5.25 Å². The third-order valence-electron chi connectivity index (χ3n) is 2.50. The van der Waals surface area contributed by atoms with Gasteiger partial charge in [-0.3, -0.25) is 9.59 Å². The van der Waals surface area contributed by atoms with E-state index in [2.05, 4.69) is 5.32 Å². The van der Waals surface area contributed by atoms with E-state index in [1.54, 1.807) is 13.0 Å². The van der Waals surface area contributed by atoms with Gasteiger partial charge in [-0.2, -0.15) is 0 Å². The Hall–Kier alpha value is -1.49. The number of amides is 1. The van der Waals surface area contributed by atoms with Crippen molar-refractivity contribution in [1.82, 2.24) is 0 Å². The number of nitrogens with one attached hydrogen (secondary N) is 1. The second-order valence-electron chi connectivity index (χ2n) is 5.88. The van der Waals surface area contributed by atoms with Gasteiger partial charge in [0.05, 0.1) is 5.69 Å². The molecule has 0 aliphatic rings. The van der Waals surface area contributed by atoms with Gasteiger partial charge in [-0.05, 0) is 24.5 Å². The summed E-state index contributed by atoms with van der Waals surface area (Å²) < 4.78 is 0. The summed E-state index contributed by atoms with van der Waals surface area (Å²) in [5.41, 5.74) is 0.584. The predicted octanol–water partition coefficient (Wildman–Crippen LogP) is 3.63. The molecule has 0 bridgehead atoms. The van der Waals surface area contributed by atoms with Crippen LogP contribution >= 0.6 is 11.8 Å². The van der Waals surface area contributed by atoms with Gasteiger partial charge >= 0.3 is 5.97 Å². The lowest BCUT2D eigenvalue weighted by Crippen LogP contribution is -2.20. The highest BCUT2D eigenvalue weighted by Gasteiger charge is 2.18. The predicted molar refractivity (Wildman–Crippen MR) is 82.1 cm³/mol. The van der Waals surface area contributed by atoms with E-state index in [1.165, 1.54) is 11.8 Å². The quantitative estimate of drug-likeness (QED) is 0.814. The Morgan fingerprint density at radius 3 is 2.45 bits per heavy atom. The van der Waals surface area contributed by atoms with E-state index in [4.69, 9.17) is 5.11 Å². The molecule has 1 aromatic carbocycles. The molecule has 0 saturated heterocycles. The van der Waals surface area contributed by atoms with Gasteiger partial charge in [0, 0.05) is 11.3 Å². The summed E-state index contributed by atoms with van der Waals surface area (Å²) in [5.74, 6) is -0.931. The zero-order valence-corrected chi connectivity index (χ0v) is 13.1. The summed E-state index contributed by atoms with van der Waals surface area (Å²) in [5, 5.41) is 11.3. The third kappa shape index (κ3) is 5.65. The number of benzene rings is 1. The van der Waals surface area contributed by atoms with Crippen LogP contribution in [0.5, 0.6) is 0 Å². The highest BCUT2D eigenvalue weighted by Crippen LogP contribution is 2.31. The molecule has 1 amide bonds. The number of anilines is 1. The van der Waals surface area contributed by atoms with E-state index in [0.717, 1.165) is 4.90 Å². The first-order valence-corrected chi connectivity index (χ1v) is 7.35. The van der Waals surface area contributed by atoms with Crippen LogP contribution in [0, 0.1) is 5.41 Å². The minimum Gasteiger partial charge on any atom is -0.480 e. The van der Waals surface area contributed by atoms with Crippen LogP contribution in [0.3, 0.4) is 0 Å². The molecule has 1 aromatic rings. The molecular weight excluding hydrogens is 274 g/mol. The first-order chi connectivity index (χ1) is 9.19. The van der Waals surface area contributed by atoms with Crippen molar-refractivity contribution in [2.24, 2.45) is 5.41 Å². The number of aliphatic carboxylic acids is 1. The fourth-order valence-electron chi connectivity index (χ4n) is 1.59. The molecule has 0 heterocycles. The Kier molecular flexibility index (Phi) is 5.62. The van der Waals surface area contributed by atoms with Gasteiger partial charge in [-0.1, -0.05) is 32.9 Å². The molecular formula is C15H21NO3S. The molecule has 5 heteroatoms. The lowest BCUT2D eigenvalue weighted by molar-refractivity contribution is -0.136. The van der Waals surface area contributed by atoms with Crippen LogP contribution in [0.25, 0.3) is 0 Å². The van der Waals surface area contributed by atoms with Crippen LogP contribution in [0.2, 0.25) is 0 Å². The normalized spacial score (nSPS) is 12.8. The van der Waals surface area contributed by atoms with E-state index in [-0.39, 0.29) is 11.3 Å². The summed E-state index contributed by atoms with van der Waals surface area (Å²) in [6.45, 7) is 7.62. The second-order valence-corrected chi connectivity index (χ2v) is 7.26. The molecule has 1 rings (SSSR count). The Morgan fingerprint density at radius 1 is 1.30 bits per heavy atom. The largest absolute Gasteiger partial charge is 0.480 e. The number of hydrogen-bond donors (Lipinski definition) is 2. The van der Waals surface area contributed by atoms with Crippen LogP contribution in [0.1, 0.15) is 34.1 Å². The molecule has 0 spiro atoms. The third-order valence-corrected chi connectivity index (χ3v) is 3.67. The van der Waals surface area contributed by atoms with Crippen molar-refractivity contribution in [2.75, 3.05) is 5.32 Å². The molecule has 0 aliphatic heterocycles. The molecule has 20 heavy (non-hydrogen) atoms. The number of carbonyl (C=O) groups is 2. The minimum atomic E-state index is -0.870. The van der Waals surface area contributed by atoms with Crippen molar-refractivity contribution in [2.45, 2.75) is 44.3 Å². The second kappa shape index (κ2) is 6.79. The summed E-state index contributed by atoms with van der Waals surface area (Å²) in [4.78, 5) is 23.6. The molecule has 0 saturated carbocycles. The number of rotatable bonds is 5. The van der Waals surface area contributed by atoms with Crippen molar-refractivity contribution in [3.8, 4) is 0 Å². The van der Waals surface area contributed by atoms with Crippen molar-refractivity contribution >= 4 is 29.3 Å².